The Morgan fingerprint density at radius 2 is 0.760 bits per heavy atom. The number of furan rings is 3. The molecule has 0 aliphatic heterocycles. The molecule has 0 bridgehead atoms. The van der Waals surface area contributed by atoms with Crippen LogP contribution in [0.2, 0.25) is 0 Å². The summed E-state index contributed by atoms with van der Waals surface area (Å²) in [6.07, 6.45) is 24.6. The van der Waals surface area contributed by atoms with Gasteiger partial charge in [0.1, 0.15) is 33.5 Å². The molecule has 3 heterocycles. The zero-order valence-corrected chi connectivity index (χ0v) is 85.0. The molecule has 6 aliphatic rings. The van der Waals surface area contributed by atoms with Gasteiger partial charge in [-0.25, -0.2) is 0 Å². The third kappa shape index (κ3) is 21.9. The largest absolute Gasteiger partial charge is 0.456 e. The first-order chi connectivity index (χ1) is 58.8. The average molecular weight is 1690 g/mol. The molecule has 6 aliphatic carbocycles. The van der Waals surface area contributed by atoms with E-state index in [1.807, 2.05) is 81.4 Å². The van der Waals surface area contributed by atoms with E-state index in [9.17, 15) is 0 Å². The summed E-state index contributed by atoms with van der Waals surface area (Å²) in [6.45, 7) is 76.8. The van der Waals surface area contributed by atoms with Crippen molar-refractivity contribution >= 4 is 65.8 Å². The van der Waals surface area contributed by atoms with Crippen LogP contribution >= 0.6 is 0 Å². The highest BCUT2D eigenvalue weighted by Crippen LogP contribution is 2.62. The van der Waals surface area contributed by atoms with Crippen LogP contribution in [0.3, 0.4) is 0 Å². The monoisotopic (exact) mass is 1680 g/mol. The van der Waals surface area contributed by atoms with E-state index in [1.54, 1.807) is 11.1 Å². The highest BCUT2D eigenvalue weighted by atomic mass is 16.3. The molecule has 3 aromatic heterocycles. The van der Waals surface area contributed by atoms with Crippen molar-refractivity contribution in [3.8, 4) is 11.1 Å². The number of rotatable bonds is 0. The molecule has 3 heteroatoms. The van der Waals surface area contributed by atoms with Gasteiger partial charge in [-0.3, -0.25) is 0 Å². The molecule has 0 N–H and O–H groups in total. The van der Waals surface area contributed by atoms with Gasteiger partial charge in [0.05, 0.1) is 0 Å². The highest BCUT2D eigenvalue weighted by Gasteiger charge is 2.50. The third-order valence-electron chi connectivity index (χ3n) is 30.5. The van der Waals surface area contributed by atoms with Crippen LogP contribution in [0, 0.1) is 77.4 Å². The number of hydrogen-bond donors (Lipinski definition) is 0. The predicted octanol–water partition coefficient (Wildman–Crippen LogP) is 37.6. The van der Waals surface area contributed by atoms with Gasteiger partial charge in [0.25, 0.3) is 0 Å². The number of benzene rings is 9. The van der Waals surface area contributed by atoms with Gasteiger partial charge >= 0.3 is 0 Å². The second-order valence-electron chi connectivity index (χ2n) is 51.4. The molecule has 2 spiro atoms. The van der Waals surface area contributed by atoms with Crippen LogP contribution < -0.4 is 0 Å². The van der Waals surface area contributed by atoms with Crippen molar-refractivity contribution in [3.05, 3.63) is 236 Å². The van der Waals surface area contributed by atoms with Crippen LogP contribution in [0.1, 0.15) is 394 Å². The van der Waals surface area contributed by atoms with E-state index < -0.39 is 6.85 Å². The fourth-order valence-electron chi connectivity index (χ4n) is 24.4. The van der Waals surface area contributed by atoms with E-state index in [0.717, 1.165) is 67.9 Å². The molecule has 4 saturated carbocycles. The molecule has 12 aromatic rings. The zero-order valence-electron chi connectivity index (χ0n) is 88.0. The first-order valence-electron chi connectivity index (χ1n) is 50.0. The minimum absolute atomic E-state index is 0.150. The predicted molar refractivity (Wildman–Crippen MR) is 547 cm³/mol. The van der Waals surface area contributed by atoms with Crippen molar-refractivity contribution in [2.45, 2.75) is 389 Å². The van der Waals surface area contributed by atoms with Crippen LogP contribution in [0.25, 0.3) is 76.9 Å². The van der Waals surface area contributed by atoms with Crippen molar-refractivity contribution in [1.82, 2.24) is 0 Å². The first-order valence-corrected chi connectivity index (χ1v) is 48.5. The van der Waals surface area contributed by atoms with Crippen molar-refractivity contribution in [2.24, 2.45) is 49.7 Å². The van der Waals surface area contributed by atoms with Crippen LogP contribution in [0.4, 0.5) is 0 Å². The summed E-state index contributed by atoms with van der Waals surface area (Å²) in [5, 5.41) is 6.44. The number of para-hydroxylation sites is 3. The lowest BCUT2D eigenvalue weighted by molar-refractivity contribution is -0.0434. The van der Waals surface area contributed by atoms with Crippen molar-refractivity contribution in [3.63, 3.8) is 0 Å². The van der Waals surface area contributed by atoms with E-state index in [-0.39, 0.29) is 27.1 Å². The maximum absolute atomic E-state index is 7.98. The molecule has 18 rings (SSSR count). The van der Waals surface area contributed by atoms with Crippen LogP contribution in [0.5, 0.6) is 0 Å². The summed E-state index contributed by atoms with van der Waals surface area (Å²) in [4.78, 5) is 0. The Bertz CT molecular complexity index is 5880. The molecule has 0 amide bonds. The van der Waals surface area contributed by atoms with Crippen LogP contribution in [-0.4, -0.2) is 0 Å². The summed E-state index contributed by atoms with van der Waals surface area (Å²) in [5.41, 5.74) is 30.6. The molecule has 3 nitrogen and oxygen atoms in total. The number of aryl methyl sites for hydroxylation is 4. The van der Waals surface area contributed by atoms with E-state index in [4.69, 9.17) is 17.4 Å². The lowest BCUT2D eigenvalue weighted by atomic mass is 9.50. The maximum atomic E-state index is 7.98. The van der Waals surface area contributed by atoms with Gasteiger partial charge in [0.15, 0.2) is 0 Å². The zero-order chi connectivity index (χ0) is 94.5. The maximum Gasteiger partial charge on any atom is 0.138 e. The number of hydrogen-bond acceptors (Lipinski definition) is 3. The van der Waals surface area contributed by atoms with Gasteiger partial charge < -0.3 is 13.3 Å². The lowest BCUT2D eigenvalue weighted by Crippen LogP contribution is -2.44. The molecule has 0 atom stereocenters. The first kappa shape index (κ1) is 92.1. The van der Waals surface area contributed by atoms with E-state index >= 15 is 0 Å². The topological polar surface area (TPSA) is 39.4 Å². The quantitative estimate of drug-likeness (QED) is 0.152. The Kier molecular flexibility index (Phi) is 25.8. The second kappa shape index (κ2) is 35.0. The molecular formula is C122H168O3. The van der Waals surface area contributed by atoms with Gasteiger partial charge in [0.2, 0.25) is 0 Å². The second-order valence-corrected chi connectivity index (χ2v) is 51.4. The van der Waals surface area contributed by atoms with Crippen LogP contribution in [0.15, 0.2) is 177 Å². The summed E-state index contributed by atoms with van der Waals surface area (Å²) in [7, 11) is 0. The van der Waals surface area contributed by atoms with Crippen molar-refractivity contribution in [1.29, 1.82) is 0 Å². The molecule has 125 heavy (non-hydrogen) atoms. The van der Waals surface area contributed by atoms with E-state index in [2.05, 4.69) is 318 Å². The van der Waals surface area contributed by atoms with Crippen molar-refractivity contribution in [2.75, 3.05) is 0 Å². The van der Waals surface area contributed by atoms with Crippen LogP contribution in [-0.2, 0) is 44.3 Å². The molecule has 0 radical (unpaired) electrons. The summed E-state index contributed by atoms with van der Waals surface area (Å²) in [5.74, 6) is 1.93. The normalized spacial score (nSPS) is 19.3. The van der Waals surface area contributed by atoms with E-state index in [1.165, 1.54) is 185 Å². The van der Waals surface area contributed by atoms with Gasteiger partial charge in [-0.2, -0.15) is 0 Å². The Labute approximate surface area is 764 Å². The number of fused-ring (bicyclic) bond motifs is 13. The van der Waals surface area contributed by atoms with Crippen molar-refractivity contribution < 1.29 is 17.4 Å². The Balaban J connectivity index is 0.000000136. The summed E-state index contributed by atoms with van der Waals surface area (Å²) in [6, 6.07) is 57.4. The summed E-state index contributed by atoms with van der Waals surface area (Å²) < 4.78 is 41.7. The molecular weight excluding hydrogens is 1510 g/mol. The lowest BCUT2D eigenvalue weighted by Gasteiger charge is -2.55. The minimum atomic E-state index is -2.17. The SMILES string of the molecule is CC(C)(C)c1ccc2c(c1)C(C)(C)CC2(C)C.CC1(C)CC(C)(C)CC2(CCC(C(C)(C)C)CC2)C1.CC1(C)CCC2(CCC(C(C)(C)C)CC2)CC1.Cc1c(C(C)(C)C)ccc2c1oc1ccccc12.Cc1cc2c(cc1C(C)(C)C)Cc1ccccc1-2.Cc1cc2oc3ccccc3c2cc1C(C)(C)C.[2H]C([2H])([2H])c1c(C(C)(C)C)ccc2oc3ccccc3c12. The Morgan fingerprint density at radius 3 is 1.29 bits per heavy atom. The highest BCUT2D eigenvalue weighted by molar-refractivity contribution is 6.08. The average Bonchev–Trinajstić information content (AvgIpc) is 1.50. The standard InChI is InChI=1S/C19H36.C18H20.3C17H18O.C17H26.C17H32/c1-16(2,3)15-8-10-19(11-9-15)13-17(4,5)12-18(6,7)14-19;1-12-9-16-14(11-17(12)18(2,3)4)10-13-7-5-6-8-15(13)16;1-11-9-16-13(10-14(11)17(2,3)4)12-7-5-6-8-15(12)18-16;1-11-14(17(2,3)4)10-9-13-12-7-5-6-8-15(12)18-16(11)13;1-11-13(17(2,3)4)9-10-15-16(11)12-7-5-6-8-14(12)18-15;1-15(2,3)12-8-9-13-14(10-12)17(6,7)11-16(13,4)5;1-15(2,3)14-6-8-17(9-7-14)12-10-16(4,5)11-13-17/h15H,8-14H2,1-7H3;5-9,11H,10H2,1-4H3;3*5-10H,1-4H3;8-10H,11H2,1-7H3;14H,6-13H2,1-5H3/i;;;;1D3;;. The molecule has 9 aromatic carbocycles. The molecule has 4 fully saturated rings. The smallest absolute Gasteiger partial charge is 0.138 e. The molecule has 674 valence electrons. The fourth-order valence-corrected chi connectivity index (χ4v) is 24.4. The Hall–Kier alpha value is -7.62. The van der Waals surface area contributed by atoms with Gasteiger partial charge in [-0.1, -0.05) is 342 Å². The summed E-state index contributed by atoms with van der Waals surface area (Å²) >= 11 is 0. The molecule has 0 saturated heterocycles. The Morgan fingerprint density at radius 1 is 0.312 bits per heavy atom. The van der Waals surface area contributed by atoms with Gasteiger partial charge in [-0.15, -0.1) is 0 Å². The van der Waals surface area contributed by atoms with Gasteiger partial charge in [-0.05, 0) is 344 Å². The van der Waals surface area contributed by atoms with Gasteiger partial charge in [0, 0.05) is 36.4 Å². The van der Waals surface area contributed by atoms with E-state index in [0.29, 0.717) is 54.5 Å². The third-order valence-corrected chi connectivity index (χ3v) is 30.5. The fraction of sp³-hybridized carbons (Fsp3) is 0.557. The minimum Gasteiger partial charge on any atom is -0.456 e. The molecule has 0 unspecified atom stereocenters.